The van der Waals surface area contributed by atoms with E-state index in [-0.39, 0.29) is 51.5 Å². The normalized spacial score (nSPS) is 18.2. The summed E-state index contributed by atoms with van der Waals surface area (Å²) in [6.07, 6.45) is -0.454. The Morgan fingerprint density at radius 2 is 0.858 bits per heavy atom. The molecule has 0 aliphatic carbocycles. The maximum Gasteiger partial charge on any atom is 0.416 e. The number of amides is 1. The summed E-state index contributed by atoms with van der Waals surface area (Å²) in [5.74, 6) is 0.816. The summed E-state index contributed by atoms with van der Waals surface area (Å²) < 4.78 is 89.3. The van der Waals surface area contributed by atoms with Gasteiger partial charge >= 0.3 is 24.3 Å². The highest BCUT2D eigenvalue weighted by Crippen LogP contribution is 2.36. The first-order valence-electron chi connectivity index (χ1n) is 36.1. The van der Waals surface area contributed by atoms with Gasteiger partial charge in [-0.25, -0.2) is 0 Å². The van der Waals surface area contributed by atoms with Crippen molar-refractivity contribution in [1.29, 1.82) is 0 Å². The predicted octanol–water partition coefficient (Wildman–Crippen LogP) is 19.5. The van der Waals surface area contributed by atoms with Crippen LogP contribution in [-0.2, 0) is 62.7 Å². The number of hydrogen-bond donors (Lipinski definition) is 3. The Hall–Kier alpha value is -6.13. The van der Waals surface area contributed by atoms with Crippen molar-refractivity contribution in [2.75, 3.05) is 91.9 Å². The third kappa shape index (κ3) is 30.0. The van der Waals surface area contributed by atoms with Crippen LogP contribution in [0.3, 0.4) is 0 Å². The number of hydrogen-bond acceptors (Lipinski definition) is 12. The van der Waals surface area contributed by atoms with Crippen LogP contribution in [0.4, 0.5) is 26.3 Å². The van der Waals surface area contributed by atoms with Gasteiger partial charge in [0.25, 0.3) is 0 Å². The summed E-state index contributed by atoms with van der Waals surface area (Å²) in [7, 11) is 0. The molecule has 0 radical (unpaired) electrons. The number of aliphatic hydroxyl groups is 1. The fourth-order valence-corrected chi connectivity index (χ4v) is 13.5. The molecule has 6 aromatic rings. The van der Waals surface area contributed by atoms with Crippen LogP contribution in [-0.4, -0.2) is 140 Å². The second-order valence-electron chi connectivity index (χ2n) is 29.5. The molecule has 106 heavy (non-hydrogen) atoms. The zero-order valence-corrected chi connectivity index (χ0v) is 66.3. The van der Waals surface area contributed by atoms with Gasteiger partial charge in [0.15, 0.2) is 0 Å². The fourth-order valence-electron chi connectivity index (χ4n) is 12.9. The molecular weight excluding hydrogens is 1480 g/mol. The number of phenols is 1. The molecule has 0 aromatic heterocycles. The number of phenolic OH excluding ortho intramolecular Hbond substituents is 1. The van der Waals surface area contributed by atoms with Crippen LogP contribution in [0.15, 0.2) is 146 Å². The van der Waals surface area contributed by atoms with Crippen LogP contribution in [0.25, 0.3) is 0 Å². The third-order valence-electron chi connectivity index (χ3n) is 19.2. The van der Waals surface area contributed by atoms with Gasteiger partial charge in [-0.3, -0.25) is 19.2 Å². The number of likely N-dealkylation sites (tertiary alicyclic amines) is 3. The van der Waals surface area contributed by atoms with E-state index in [0.29, 0.717) is 67.1 Å². The number of rotatable bonds is 18. The molecule has 13 nitrogen and oxygen atoms in total. The maximum absolute atomic E-state index is 13.0. The van der Waals surface area contributed by atoms with Gasteiger partial charge in [0, 0.05) is 89.3 Å². The minimum Gasteiger partial charge on any atom is -0.508 e. The van der Waals surface area contributed by atoms with Gasteiger partial charge in [-0.05, 0) is 249 Å². The summed E-state index contributed by atoms with van der Waals surface area (Å²) in [6, 6.07) is 39.2. The molecule has 584 valence electrons. The second-order valence-corrected chi connectivity index (χ2v) is 31.6. The molecule has 4 fully saturated rings. The fraction of sp³-hybridized carbons (Fsp3) is 0.512. The van der Waals surface area contributed by atoms with Crippen molar-refractivity contribution in [3.8, 4) is 11.5 Å². The summed E-state index contributed by atoms with van der Waals surface area (Å²) >= 11 is 29.1. The lowest BCUT2D eigenvalue weighted by Crippen LogP contribution is -2.49. The molecule has 4 aliphatic rings. The van der Waals surface area contributed by atoms with Gasteiger partial charge < -0.3 is 44.4 Å². The monoisotopic (exact) mass is 1580 g/mol. The smallest absolute Gasteiger partial charge is 0.416 e. The standard InChI is InChI=1S/C23H27ClF3NO.C18H24ClNO3.C16H24ClNO.C10H10Cl2O.C8H15NO2.C7H5F3O/c1-22(2,18-5-9-20(24)10-6-18)16-28-13-3-4-17(14-28)15-29-21-11-7-19(8-12-21)23(25,26)27;1-4-23-16(21)13-6-5-11-20(12-13)17(22)18(2,3)14-7-9-15(19)10-8-14;1-16(2,14-5-7-15(17)8-6-14)12-18-9-3-4-13(10-18)11-19;1-10(2,9(12)13)7-3-5-8(11)6-4-7;1-2-11-8(10)7-4-3-5-9-6-7;8-7(9,10)5-1-3-6(11)4-2-5/h5-12,17H,3-4,13-16H2,1-2H3;7-10,13H,4-6,11-12H2,1-3H3;5-8,13,19H,3-4,9-12H2,1-2H3;3-6H,1-2H3;7,9H,2-6H2,1H3;1-4,11H/t17-;2*13-;;7-;/m111.1./s1. The number of ether oxygens (including phenoxy) is 3. The molecule has 24 heteroatoms. The van der Waals surface area contributed by atoms with Crippen molar-refractivity contribution < 1.29 is 69.9 Å². The third-order valence-corrected chi connectivity index (χ3v) is 20.7. The number of piperidine rings is 4. The zero-order valence-electron chi connectivity index (χ0n) is 62.5. The predicted molar refractivity (Wildman–Crippen MR) is 412 cm³/mol. The first-order chi connectivity index (χ1) is 49.8. The maximum atomic E-state index is 13.0. The Labute approximate surface area is 647 Å². The summed E-state index contributed by atoms with van der Waals surface area (Å²) in [6.45, 7) is 30.8. The van der Waals surface area contributed by atoms with Gasteiger partial charge in [-0.2, -0.15) is 26.3 Å². The minimum absolute atomic E-state index is 0.000756. The molecular formula is C82H105Cl5F6N4O9. The number of nitrogens with zero attached hydrogens (tertiary/aromatic N) is 3. The van der Waals surface area contributed by atoms with Crippen molar-refractivity contribution in [1.82, 2.24) is 20.0 Å². The van der Waals surface area contributed by atoms with Crippen LogP contribution in [0.2, 0.25) is 20.1 Å². The van der Waals surface area contributed by atoms with Crippen LogP contribution < -0.4 is 10.1 Å². The number of alkyl halides is 6. The van der Waals surface area contributed by atoms with E-state index in [1.807, 2.05) is 69.3 Å². The quantitative estimate of drug-likeness (QED) is 0.0426. The molecule has 0 saturated carbocycles. The number of aliphatic hydroxyl groups excluding tert-OH is 1. The molecule has 0 unspecified atom stereocenters. The van der Waals surface area contributed by atoms with E-state index < -0.39 is 34.3 Å². The number of nitrogens with one attached hydrogen (secondary N) is 1. The van der Waals surface area contributed by atoms with Gasteiger partial charge in [0.1, 0.15) is 11.5 Å². The Morgan fingerprint density at radius 3 is 1.26 bits per heavy atom. The molecule has 0 bridgehead atoms. The number of carbonyl (C=O) groups is 4. The largest absolute Gasteiger partial charge is 0.508 e. The topological polar surface area (TPSA) is 158 Å². The Morgan fingerprint density at radius 1 is 0.481 bits per heavy atom. The molecule has 4 aliphatic heterocycles. The van der Waals surface area contributed by atoms with Crippen molar-refractivity contribution in [3.05, 3.63) is 199 Å². The molecule has 6 aromatic carbocycles. The van der Waals surface area contributed by atoms with Gasteiger partial charge in [-0.15, -0.1) is 0 Å². The van der Waals surface area contributed by atoms with Crippen LogP contribution >= 0.6 is 58.0 Å². The number of aromatic hydroxyl groups is 1. The van der Waals surface area contributed by atoms with Crippen molar-refractivity contribution in [2.45, 2.75) is 155 Å². The number of benzene rings is 6. The Kier molecular flexibility index (Phi) is 36.5. The van der Waals surface area contributed by atoms with E-state index >= 15 is 0 Å². The van der Waals surface area contributed by atoms with Crippen LogP contribution in [0.1, 0.15) is 154 Å². The lowest BCUT2D eigenvalue weighted by atomic mass is 9.82. The molecule has 4 atom stereocenters. The first-order valence-corrected chi connectivity index (χ1v) is 38.0. The highest BCUT2D eigenvalue weighted by Gasteiger charge is 2.39. The van der Waals surface area contributed by atoms with Crippen molar-refractivity contribution in [2.24, 2.45) is 23.7 Å². The van der Waals surface area contributed by atoms with Gasteiger partial charge in [0.2, 0.25) is 11.1 Å². The number of halogens is 11. The number of esters is 2. The van der Waals surface area contributed by atoms with E-state index in [1.54, 1.807) is 49.9 Å². The van der Waals surface area contributed by atoms with Gasteiger partial charge in [-0.1, -0.05) is 123 Å². The van der Waals surface area contributed by atoms with Crippen LogP contribution in [0, 0.1) is 23.7 Å². The Bertz CT molecular complexity index is 3620. The average molecular weight is 1580 g/mol. The minimum atomic E-state index is -4.33. The summed E-state index contributed by atoms with van der Waals surface area (Å²) in [5, 5.41) is 23.6. The van der Waals surface area contributed by atoms with Gasteiger partial charge in [0.05, 0.1) is 53.6 Å². The first kappa shape index (κ1) is 90.5. The SMILES string of the molecule is CC(C)(C(=O)Cl)c1ccc(Cl)cc1.CC(C)(CN1CCC[C@@H](CO)C1)c1ccc(Cl)cc1.CC(C)(CN1CCC[C@@H](COc2ccc(C(F)(F)F)cc2)C1)c1ccc(Cl)cc1.CCOC(=O)[C@@H]1CCCN(C(=O)C(C)(C)c2ccc(Cl)cc2)C1.CCOC(=O)[C@@H]1CCCNC1.Oc1ccc(C(F)(F)F)cc1. The van der Waals surface area contributed by atoms with E-state index in [0.717, 1.165) is 155 Å². The number of carbonyl (C=O) groups excluding carboxylic acids is 4. The van der Waals surface area contributed by atoms with Crippen molar-refractivity contribution >= 4 is 81.1 Å². The van der Waals surface area contributed by atoms with E-state index in [4.69, 9.17) is 77.3 Å². The highest BCUT2D eigenvalue weighted by molar-refractivity contribution is 6.65. The van der Waals surface area contributed by atoms with Crippen LogP contribution in [0.5, 0.6) is 11.5 Å². The molecule has 10 rings (SSSR count). The summed E-state index contributed by atoms with van der Waals surface area (Å²) in [5.41, 5.74) is 1.78. The highest BCUT2D eigenvalue weighted by atomic mass is 35.5. The lowest BCUT2D eigenvalue weighted by Gasteiger charge is -2.38. The second kappa shape index (κ2) is 42.7. The van der Waals surface area contributed by atoms with E-state index in [1.165, 1.54) is 29.7 Å². The summed E-state index contributed by atoms with van der Waals surface area (Å²) in [4.78, 5) is 53.9. The lowest BCUT2D eigenvalue weighted by molar-refractivity contribution is -0.152. The average Bonchev–Trinajstić information content (AvgIpc) is 0.804. The molecule has 0 spiro atoms. The molecule has 4 saturated heterocycles. The van der Waals surface area contributed by atoms with Crippen molar-refractivity contribution in [3.63, 3.8) is 0 Å². The molecule has 1 amide bonds. The molecule has 3 N–H and O–H groups in total. The van der Waals surface area contributed by atoms with E-state index in [9.17, 15) is 50.6 Å². The Balaban J connectivity index is 0.000000237. The van der Waals surface area contributed by atoms with E-state index in [2.05, 4.69) is 67.1 Å². The molecule has 4 heterocycles. The zero-order chi connectivity index (χ0) is 78.6.